The van der Waals surface area contributed by atoms with Crippen molar-refractivity contribution < 1.29 is 14.3 Å². The van der Waals surface area contributed by atoms with Gasteiger partial charge in [0.15, 0.2) is 5.96 Å². The predicted molar refractivity (Wildman–Crippen MR) is 112 cm³/mol. The monoisotopic (exact) mass is 404 g/mol. The van der Waals surface area contributed by atoms with Crippen molar-refractivity contribution in [3.63, 3.8) is 0 Å². The number of thiazole rings is 1. The number of rotatable bonds is 9. The summed E-state index contributed by atoms with van der Waals surface area (Å²) in [6.07, 6.45) is 0.841. The maximum absolute atomic E-state index is 12.0. The van der Waals surface area contributed by atoms with Crippen molar-refractivity contribution in [3.8, 4) is 5.75 Å². The van der Waals surface area contributed by atoms with Gasteiger partial charge in [0.05, 0.1) is 24.9 Å². The number of para-hydroxylation sites is 1. The number of nitrogens with zero attached hydrogens (tertiary/aromatic N) is 2. The van der Waals surface area contributed by atoms with E-state index in [4.69, 9.17) is 9.47 Å². The van der Waals surface area contributed by atoms with E-state index in [-0.39, 0.29) is 12.0 Å². The maximum Gasteiger partial charge on any atom is 0.350 e. The molecular formula is C20H28N4O3S. The molecule has 1 aromatic carbocycles. The summed E-state index contributed by atoms with van der Waals surface area (Å²) in [6.45, 7) is 7.30. The second-order valence-electron chi connectivity index (χ2n) is 6.07. The zero-order valence-electron chi connectivity index (χ0n) is 16.8. The number of carbonyl (C=O) groups excluding carboxylic acids is 1. The van der Waals surface area contributed by atoms with Gasteiger partial charge in [0.25, 0.3) is 0 Å². The van der Waals surface area contributed by atoms with Crippen LogP contribution in [0.3, 0.4) is 0 Å². The summed E-state index contributed by atoms with van der Waals surface area (Å²) in [5.41, 5.74) is 0.688. The molecule has 0 bridgehead atoms. The topological polar surface area (TPSA) is 84.8 Å². The van der Waals surface area contributed by atoms with Gasteiger partial charge in [-0.3, -0.25) is 4.99 Å². The molecule has 0 spiro atoms. The fourth-order valence-corrected chi connectivity index (χ4v) is 3.40. The lowest BCUT2D eigenvalue weighted by Gasteiger charge is -2.16. The lowest BCUT2D eigenvalue weighted by atomic mass is 10.3. The Morgan fingerprint density at radius 2 is 2.07 bits per heavy atom. The second kappa shape index (κ2) is 11.3. The number of aryl methyl sites for hydroxylation is 1. The second-order valence-corrected chi connectivity index (χ2v) is 7.10. The third kappa shape index (κ3) is 6.53. The molecular weight excluding hydrogens is 376 g/mol. The molecule has 2 rings (SSSR count). The first-order valence-electron chi connectivity index (χ1n) is 9.34. The van der Waals surface area contributed by atoms with E-state index in [1.54, 1.807) is 14.0 Å². The molecule has 1 aromatic heterocycles. The number of esters is 1. The van der Waals surface area contributed by atoms with E-state index >= 15 is 0 Å². The van der Waals surface area contributed by atoms with Crippen molar-refractivity contribution in [2.24, 2.45) is 4.99 Å². The van der Waals surface area contributed by atoms with Crippen LogP contribution in [0.25, 0.3) is 0 Å². The summed E-state index contributed by atoms with van der Waals surface area (Å²) in [6, 6.07) is 9.67. The molecule has 1 atom stereocenters. The van der Waals surface area contributed by atoms with E-state index in [0.717, 1.165) is 23.7 Å². The smallest absolute Gasteiger partial charge is 0.350 e. The van der Waals surface area contributed by atoms with Crippen molar-refractivity contribution in [3.05, 3.63) is 45.9 Å². The van der Waals surface area contributed by atoms with Crippen LogP contribution in [0, 0.1) is 6.92 Å². The maximum atomic E-state index is 12.0. The molecule has 1 heterocycles. The highest BCUT2D eigenvalue weighted by Gasteiger charge is 2.20. The Balaban J connectivity index is 1.79. The minimum absolute atomic E-state index is 0.0846. The highest BCUT2D eigenvalue weighted by atomic mass is 32.1. The average Bonchev–Trinajstić information content (AvgIpc) is 3.09. The molecule has 152 valence electrons. The Morgan fingerprint density at radius 3 is 2.75 bits per heavy atom. The third-order valence-electron chi connectivity index (χ3n) is 3.85. The molecule has 2 N–H and O–H groups in total. The Morgan fingerprint density at radius 1 is 1.32 bits per heavy atom. The molecule has 0 radical (unpaired) electrons. The number of hydrogen-bond acceptors (Lipinski definition) is 6. The predicted octanol–water partition coefficient (Wildman–Crippen LogP) is 3.32. The zero-order valence-corrected chi connectivity index (χ0v) is 17.6. The van der Waals surface area contributed by atoms with E-state index in [1.165, 1.54) is 11.3 Å². The van der Waals surface area contributed by atoms with E-state index in [0.29, 0.717) is 29.7 Å². The number of hydrogen-bond donors (Lipinski definition) is 2. The lowest BCUT2D eigenvalue weighted by Crippen LogP contribution is -2.39. The number of nitrogens with one attached hydrogen (secondary N) is 2. The van der Waals surface area contributed by atoms with Crippen LogP contribution in [0.15, 0.2) is 35.3 Å². The molecule has 0 aliphatic heterocycles. The molecule has 2 aromatic rings. The zero-order chi connectivity index (χ0) is 20.4. The number of benzene rings is 1. The van der Waals surface area contributed by atoms with Gasteiger partial charge >= 0.3 is 5.97 Å². The Kier molecular flexibility index (Phi) is 8.74. The minimum Gasteiger partial charge on any atom is -0.494 e. The summed E-state index contributed by atoms with van der Waals surface area (Å²) in [5.74, 6) is 1.23. The molecule has 0 aliphatic rings. The Hall–Kier alpha value is -2.61. The van der Waals surface area contributed by atoms with E-state index in [1.807, 2.05) is 44.2 Å². The van der Waals surface area contributed by atoms with Crippen molar-refractivity contribution in [2.75, 3.05) is 26.8 Å². The van der Waals surface area contributed by atoms with Crippen molar-refractivity contribution >= 4 is 23.3 Å². The minimum atomic E-state index is -0.322. The molecule has 0 saturated heterocycles. The van der Waals surface area contributed by atoms with Crippen LogP contribution >= 0.6 is 11.3 Å². The Labute approximate surface area is 170 Å². The van der Waals surface area contributed by atoms with Crippen LogP contribution in [0.2, 0.25) is 0 Å². The summed E-state index contributed by atoms with van der Waals surface area (Å²) < 4.78 is 10.8. The van der Waals surface area contributed by atoms with Gasteiger partial charge in [-0.15, -0.1) is 11.3 Å². The molecule has 28 heavy (non-hydrogen) atoms. The summed E-state index contributed by atoms with van der Waals surface area (Å²) in [5, 5.41) is 7.38. The lowest BCUT2D eigenvalue weighted by molar-refractivity contribution is 0.0531. The van der Waals surface area contributed by atoms with Crippen molar-refractivity contribution in [1.82, 2.24) is 15.6 Å². The van der Waals surface area contributed by atoms with Gasteiger partial charge < -0.3 is 20.1 Å². The van der Waals surface area contributed by atoms with E-state index < -0.39 is 0 Å². The van der Waals surface area contributed by atoms with Gasteiger partial charge in [-0.1, -0.05) is 18.2 Å². The molecule has 0 saturated carbocycles. The normalized spacial score (nSPS) is 12.4. The molecule has 0 fully saturated rings. The van der Waals surface area contributed by atoms with Gasteiger partial charge in [-0.05, 0) is 39.3 Å². The van der Waals surface area contributed by atoms with E-state index in [9.17, 15) is 4.79 Å². The molecule has 0 amide bonds. The molecule has 1 unspecified atom stereocenters. The van der Waals surface area contributed by atoms with Gasteiger partial charge in [-0.2, -0.15) is 0 Å². The summed E-state index contributed by atoms with van der Waals surface area (Å²) in [4.78, 5) is 21.3. The van der Waals surface area contributed by atoms with Crippen LogP contribution < -0.4 is 15.4 Å². The van der Waals surface area contributed by atoms with Crippen LogP contribution in [0.1, 0.15) is 46.7 Å². The first-order chi connectivity index (χ1) is 13.5. The summed E-state index contributed by atoms with van der Waals surface area (Å²) in [7, 11) is 1.72. The van der Waals surface area contributed by atoms with Crippen molar-refractivity contribution in [1.29, 1.82) is 0 Å². The highest BCUT2D eigenvalue weighted by Crippen LogP contribution is 2.24. The van der Waals surface area contributed by atoms with Crippen LogP contribution in [-0.4, -0.2) is 43.7 Å². The first kappa shape index (κ1) is 21.7. The van der Waals surface area contributed by atoms with Crippen LogP contribution in [-0.2, 0) is 4.74 Å². The van der Waals surface area contributed by atoms with Gasteiger partial charge in [0.2, 0.25) is 0 Å². The summed E-state index contributed by atoms with van der Waals surface area (Å²) >= 11 is 1.35. The number of aromatic nitrogens is 1. The quantitative estimate of drug-likeness (QED) is 0.289. The average molecular weight is 405 g/mol. The Bertz CT molecular complexity index is 777. The highest BCUT2D eigenvalue weighted by molar-refractivity contribution is 7.13. The van der Waals surface area contributed by atoms with E-state index in [2.05, 4.69) is 20.6 Å². The first-order valence-corrected chi connectivity index (χ1v) is 10.2. The SMILES string of the molecule is CCOC(=O)c1sc(C(C)NC(=NC)NCCCOc2ccccc2)nc1C. The largest absolute Gasteiger partial charge is 0.494 e. The van der Waals surface area contributed by atoms with Gasteiger partial charge in [0.1, 0.15) is 15.6 Å². The molecule has 0 aliphatic carbocycles. The van der Waals surface area contributed by atoms with Crippen LogP contribution in [0.4, 0.5) is 0 Å². The van der Waals surface area contributed by atoms with Gasteiger partial charge in [-0.25, -0.2) is 9.78 Å². The fourth-order valence-electron chi connectivity index (χ4n) is 2.44. The van der Waals surface area contributed by atoms with Gasteiger partial charge in [0, 0.05) is 13.6 Å². The standard InChI is InChI=1S/C20H28N4O3S/c1-5-26-19(25)17-14(2)23-18(28-17)15(3)24-20(21-4)22-12-9-13-27-16-10-7-6-8-11-16/h6-8,10-11,15H,5,9,12-13H2,1-4H3,(H2,21,22,24). The van der Waals surface area contributed by atoms with Crippen LogP contribution in [0.5, 0.6) is 5.75 Å². The number of aliphatic imine (C=N–C) groups is 1. The fraction of sp³-hybridized carbons (Fsp3) is 0.450. The number of carbonyl (C=O) groups is 1. The molecule has 8 heteroatoms. The number of guanidine groups is 1. The number of ether oxygens (including phenoxy) is 2. The third-order valence-corrected chi connectivity index (χ3v) is 5.17. The molecule has 7 nitrogen and oxygen atoms in total. The van der Waals surface area contributed by atoms with Crippen molar-refractivity contribution in [2.45, 2.75) is 33.2 Å².